The lowest BCUT2D eigenvalue weighted by Crippen LogP contribution is -2.45. The number of carbonyl (C=O) groups is 2. The van der Waals surface area contributed by atoms with Crippen molar-refractivity contribution in [2.24, 2.45) is 4.99 Å². The van der Waals surface area contributed by atoms with Crippen LogP contribution in [0.25, 0.3) is 0 Å². The maximum atomic E-state index is 12.9. The third-order valence-corrected chi connectivity index (χ3v) is 7.43. The summed E-state index contributed by atoms with van der Waals surface area (Å²) in [6.45, 7) is 4.61. The second-order valence-electron chi connectivity index (χ2n) is 8.99. The minimum absolute atomic E-state index is 0.187. The molecule has 0 aliphatic carbocycles. The number of aliphatic carboxylic acids is 2. The number of halogens is 1. The number of hydrogen-bond acceptors (Lipinski definition) is 7. The predicted octanol–water partition coefficient (Wildman–Crippen LogP) is 4.43. The summed E-state index contributed by atoms with van der Waals surface area (Å²) in [5.41, 5.74) is 3.56. The van der Waals surface area contributed by atoms with Crippen molar-refractivity contribution >= 4 is 34.6 Å². The molecule has 8 nitrogen and oxygen atoms in total. The summed E-state index contributed by atoms with van der Waals surface area (Å²) in [7, 11) is 2.19. The number of likely N-dealkylation sites (tertiary alicyclic amines) is 1. The Morgan fingerprint density at radius 2 is 1.74 bits per heavy atom. The number of aliphatic imine (C=N–C) groups is 1. The summed E-state index contributed by atoms with van der Waals surface area (Å²) in [4.78, 5) is 28.9. The second-order valence-corrected chi connectivity index (χ2v) is 9.94. The van der Waals surface area contributed by atoms with Crippen molar-refractivity contribution in [1.82, 2.24) is 9.80 Å². The molecule has 2 aromatic carbocycles. The van der Waals surface area contributed by atoms with Gasteiger partial charge in [0.15, 0.2) is 5.17 Å². The van der Waals surface area contributed by atoms with Crippen LogP contribution in [-0.4, -0.2) is 83.1 Å². The minimum Gasteiger partial charge on any atom is -0.478 e. The number of rotatable bonds is 9. The standard InChI is InChI=1S/C24H30FN3OS.C4H4O4/c1-27(24-26-23-5-3-2-4-20(23)18-30-24)22-10-13-28(14-11-22)15-17-29-16-12-19-6-8-21(25)9-7-19;5-3(6)1-2-4(7)8/h2-9,22H,10-18H2,1H3;1-2H,(H,5,6)(H,7,8). The Kier molecular flexibility index (Phi) is 11.8. The molecule has 2 aliphatic heterocycles. The molecule has 0 unspecified atom stereocenters. The highest BCUT2D eigenvalue weighted by atomic mass is 32.2. The smallest absolute Gasteiger partial charge is 0.328 e. The molecule has 204 valence electrons. The molecule has 1 fully saturated rings. The van der Waals surface area contributed by atoms with Gasteiger partial charge in [-0.1, -0.05) is 42.1 Å². The van der Waals surface area contributed by atoms with Crippen molar-refractivity contribution in [2.75, 3.05) is 39.9 Å². The van der Waals surface area contributed by atoms with Crippen molar-refractivity contribution in [1.29, 1.82) is 0 Å². The highest BCUT2D eigenvalue weighted by Crippen LogP contribution is 2.32. The van der Waals surface area contributed by atoms with Crippen molar-refractivity contribution in [3.05, 3.63) is 77.6 Å². The normalized spacial score (nSPS) is 15.8. The summed E-state index contributed by atoms with van der Waals surface area (Å²) >= 11 is 1.85. The molecule has 2 N–H and O–H groups in total. The van der Waals surface area contributed by atoms with Crippen LogP contribution in [0.1, 0.15) is 24.0 Å². The van der Waals surface area contributed by atoms with E-state index in [1.807, 2.05) is 23.9 Å². The molecule has 0 saturated carbocycles. The van der Waals surface area contributed by atoms with Gasteiger partial charge in [0, 0.05) is 50.6 Å². The predicted molar refractivity (Wildman–Crippen MR) is 147 cm³/mol. The van der Waals surface area contributed by atoms with Crippen LogP contribution in [0.15, 0.2) is 65.7 Å². The van der Waals surface area contributed by atoms with Crippen molar-refractivity contribution in [2.45, 2.75) is 31.1 Å². The average Bonchev–Trinajstić information content (AvgIpc) is 2.93. The number of nitrogens with zero attached hydrogens (tertiary/aromatic N) is 3. The van der Waals surface area contributed by atoms with E-state index in [0.29, 0.717) is 24.8 Å². The third-order valence-electron chi connectivity index (χ3n) is 6.34. The topological polar surface area (TPSA) is 103 Å². The van der Waals surface area contributed by atoms with Crippen LogP contribution in [0.2, 0.25) is 0 Å². The van der Waals surface area contributed by atoms with E-state index in [1.165, 1.54) is 17.7 Å². The van der Waals surface area contributed by atoms with E-state index in [-0.39, 0.29) is 5.82 Å². The largest absolute Gasteiger partial charge is 0.478 e. The van der Waals surface area contributed by atoms with Crippen LogP contribution in [0.5, 0.6) is 0 Å². The third kappa shape index (κ3) is 9.92. The molecule has 0 atom stereocenters. The van der Waals surface area contributed by atoms with Crippen molar-refractivity contribution < 1.29 is 28.9 Å². The van der Waals surface area contributed by atoms with Gasteiger partial charge in [-0.15, -0.1) is 0 Å². The molecule has 0 bridgehead atoms. The number of thioether (sulfide) groups is 1. The van der Waals surface area contributed by atoms with Crippen LogP contribution < -0.4 is 0 Å². The first-order valence-corrected chi connectivity index (χ1v) is 13.5. The van der Waals surface area contributed by atoms with Gasteiger partial charge in [-0.3, -0.25) is 0 Å². The van der Waals surface area contributed by atoms with Crippen LogP contribution in [0.4, 0.5) is 10.1 Å². The maximum Gasteiger partial charge on any atom is 0.328 e. The van der Waals surface area contributed by atoms with Crippen LogP contribution in [-0.2, 0) is 26.5 Å². The molecule has 4 rings (SSSR count). The Morgan fingerprint density at radius 1 is 1.08 bits per heavy atom. The Morgan fingerprint density at radius 3 is 2.39 bits per heavy atom. The first-order valence-electron chi connectivity index (χ1n) is 12.5. The quantitative estimate of drug-likeness (QED) is 0.354. The number of piperidine rings is 1. The number of benzene rings is 2. The molecule has 1 saturated heterocycles. The molecule has 0 radical (unpaired) electrons. The van der Waals surface area contributed by atoms with Crippen LogP contribution >= 0.6 is 11.8 Å². The number of para-hydroxylation sites is 1. The maximum absolute atomic E-state index is 12.9. The van der Waals surface area contributed by atoms with Gasteiger partial charge in [-0.2, -0.15) is 0 Å². The van der Waals surface area contributed by atoms with Gasteiger partial charge in [0.1, 0.15) is 5.82 Å². The van der Waals surface area contributed by atoms with E-state index in [0.717, 1.165) is 67.7 Å². The molecule has 0 aromatic heterocycles. The van der Waals surface area contributed by atoms with E-state index in [2.05, 4.69) is 41.1 Å². The first-order chi connectivity index (χ1) is 18.3. The number of hydrogen-bond donors (Lipinski definition) is 2. The molecule has 0 amide bonds. The van der Waals surface area contributed by atoms with E-state index in [1.54, 1.807) is 0 Å². The summed E-state index contributed by atoms with van der Waals surface area (Å²) in [6, 6.07) is 15.7. The van der Waals surface area contributed by atoms with Gasteiger partial charge < -0.3 is 24.7 Å². The number of carboxylic acids is 2. The fourth-order valence-corrected chi connectivity index (χ4v) is 5.21. The Bertz CT molecular complexity index is 1100. The molecular formula is C28H34FN3O5S. The van der Waals surface area contributed by atoms with Crippen LogP contribution in [0, 0.1) is 5.82 Å². The van der Waals surface area contributed by atoms with E-state index in [4.69, 9.17) is 19.9 Å². The van der Waals surface area contributed by atoms with E-state index in [9.17, 15) is 14.0 Å². The Labute approximate surface area is 226 Å². The van der Waals surface area contributed by atoms with Gasteiger partial charge in [0.2, 0.25) is 0 Å². The van der Waals surface area contributed by atoms with E-state index >= 15 is 0 Å². The molecule has 2 heterocycles. The van der Waals surface area contributed by atoms with Gasteiger partial charge in [0.05, 0.1) is 18.9 Å². The van der Waals surface area contributed by atoms with Gasteiger partial charge >= 0.3 is 11.9 Å². The summed E-state index contributed by atoms with van der Waals surface area (Å²) in [6.07, 6.45) is 4.27. The van der Waals surface area contributed by atoms with Crippen LogP contribution in [0.3, 0.4) is 0 Å². The minimum atomic E-state index is -1.26. The number of fused-ring (bicyclic) bond motifs is 1. The lowest BCUT2D eigenvalue weighted by molar-refractivity contribution is -0.134. The molecule has 2 aromatic rings. The zero-order chi connectivity index (χ0) is 27.3. The fraction of sp³-hybridized carbons (Fsp3) is 0.393. The number of amidine groups is 1. The Hall–Kier alpha value is -3.21. The van der Waals surface area contributed by atoms with Crippen molar-refractivity contribution in [3.8, 4) is 0 Å². The van der Waals surface area contributed by atoms with Crippen molar-refractivity contribution in [3.63, 3.8) is 0 Å². The number of carboxylic acid groups (broad SMARTS) is 2. The highest BCUT2D eigenvalue weighted by Gasteiger charge is 2.26. The average molecular weight is 544 g/mol. The summed E-state index contributed by atoms with van der Waals surface area (Å²) in [5.74, 6) is -1.69. The van der Waals surface area contributed by atoms with Gasteiger partial charge in [0.25, 0.3) is 0 Å². The summed E-state index contributed by atoms with van der Waals surface area (Å²) < 4.78 is 18.7. The monoisotopic (exact) mass is 543 g/mol. The molecule has 10 heteroatoms. The Balaban J connectivity index is 0.000000436. The molecule has 2 aliphatic rings. The van der Waals surface area contributed by atoms with E-state index < -0.39 is 11.9 Å². The summed E-state index contributed by atoms with van der Waals surface area (Å²) in [5, 5.41) is 16.8. The molecule has 0 spiro atoms. The number of ether oxygens (including phenoxy) is 1. The first kappa shape index (κ1) is 29.3. The zero-order valence-corrected chi connectivity index (χ0v) is 22.3. The lowest BCUT2D eigenvalue weighted by Gasteiger charge is -2.38. The van der Waals surface area contributed by atoms with Gasteiger partial charge in [-0.05, 0) is 48.6 Å². The highest BCUT2D eigenvalue weighted by molar-refractivity contribution is 8.13. The van der Waals surface area contributed by atoms with Gasteiger partial charge in [-0.25, -0.2) is 19.0 Å². The second kappa shape index (κ2) is 15.3. The SMILES string of the molecule is CN(C1=Nc2ccccc2CS1)C1CCN(CCOCCc2ccc(F)cc2)CC1.O=C(O)C=CC(=O)O. The molecule has 38 heavy (non-hydrogen) atoms. The fourth-order valence-electron chi connectivity index (χ4n) is 4.17. The zero-order valence-electron chi connectivity index (χ0n) is 21.5. The lowest BCUT2D eigenvalue weighted by atomic mass is 10.0. The molecular weight excluding hydrogens is 509 g/mol.